The number of aliphatic carboxylic acids is 1. The lowest BCUT2D eigenvalue weighted by Crippen LogP contribution is -2.42. The maximum absolute atomic E-state index is 14.3. The Hall–Kier alpha value is -3.80. The summed E-state index contributed by atoms with van der Waals surface area (Å²) < 4.78 is 51.9. The van der Waals surface area contributed by atoms with E-state index in [0.717, 1.165) is 23.8 Å². The van der Waals surface area contributed by atoms with Crippen LogP contribution in [0.3, 0.4) is 0 Å². The molecule has 2 heterocycles. The van der Waals surface area contributed by atoms with Gasteiger partial charge in [0.25, 0.3) is 0 Å². The van der Waals surface area contributed by atoms with E-state index in [1.54, 1.807) is 16.7 Å². The minimum Gasteiger partial charge on any atom is -0.481 e. The van der Waals surface area contributed by atoms with E-state index >= 15 is 0 Å². The Kier molecular flexibility index (Phi) is 7.63. The maximum Gasteiger partial charge on any atom is 0.414 e. The first-order valence-electron chi connectivity index (χ1n) is 13.2. The molecule has 2 aromatic carbocycles. The van der Waals surface area contributed by atoms with E-state index in [4.69, 9.17) is 9.72 Å². The van der Waals surface area contributed by atoms with E-state index in [1.807, 2.05) is 6.92 Å². The van der Waals surface area contributed by atoms with Crippen LogP contribution >= 0.6 is 0 Å². The van der Waals surface area contributed by atoms with Gasteiger partial charge in [-0.3, -0.25) is 9.69 Å². The number of aromatic nitrogens is 2. The van der Waals surface area contributed by atoms with Crippen LogP contribution in [0.15, 0.2) is 30.3 Å². The lowest BCUT2D eigenvalue weighted by Gasteiger charge is -2.34. The van der Waals surface area contributed by atoms with Crippen molar-refractivity contribution in [1.82, 2.24) is 9.55 Å². The lowest BCUT2D eigenvalue weighted by molar-refractivity contribution is -0.143. The highest BCUT2D eigenvalue weighted by Gasteiger charge is 2.36. The minimum atomic E-state index is -3.21. The van der Waals surface area contributed by atoms with Gasteiger partial charge in [0.2, 0.25) is 0 Å². The first-order chi connectivity index (χ1) is 19.1. The third-order valence-corrected chi connectivity index (χ3v) is 7.94. The minimum absolute atomic E-state index is 0.0485. The number of methoxy groups -OCH3 is 1. The van der Waals surface area contributed by atoms with E-state index in [0.29, 0.717) is 48.8 Å². The van der Waals surface area contributed by atoms with Crippen LogP contribution in [0.2, 0.25) is 0 Å². The molecule has 1 aliphatic carbocycles. The number of carbonyl (C=O) groups excluding carboxylic acids is 1. The van der Waals surface area contributed by atoms with Crippen molar-refractivity contribution in [3.05, 3.63) is 53.1 Å². The summed E-state index contributed by atoms with van der Waals surface area (Å²) in [6, 6.07) is 5.89. The number of anilines is 1. The molecule has 9 nitrogen and oxygen atoms in total. The number of carbonyl (C=O) groups is 2. The van der Waals surface area contributed by atoms with Crippen molar-refractivity contribution in [1.29, 1.82) is 0 Å². The number of halogens is 3. The van der Waals surface area contributed by atoms with Crippen molar-refractivity contribution in [3.63, 3.8) is 0 Å². The zero-order valence-electron chi connectivity index (χ0n) is 22.0. The maximum atomic E-state index is 14.3. The number of aryl methyl sites for hydroxylation is 1. The zero-order valence-corrected chi connectivity index (χ0v) is 22.0. The van der Waals surface area contributed by atoms with Gasteiger partial charge in [0.15, 0.2) is 0 Å². The summed E-state index contributed by atoms with van der Waals surface area (Å²) in [5.74, 6) is -2.65. The number of carboxylic acid groups (broad SMARTS) is 1. The number of ether oxygens (including phenoxy) is 2. The molecule has 0 spiro atoms. The number of nitrogens with zero attached hydrogens (tertiary/aromatic N) is 3. The van der Waals surface area contributed by atoms with E-state index in [2.05, 4.69) is 4.74 Å². The number of alkyl halides is 2. The summed E-state index contributed by atoms with van der Waals surface area (Å²) in [7, 11) is 1.30. The monoisotopic (exact) mass is 561 g/mol. The molecule has 40 heavy (non-hydrogen) atoms. The number of aliphatic hydroxyl groups is 1. The molecule has 0 saturated heterocycles. The summed E-state index contributed by atoms with van der Waals surface area (Å²) in [6.45, 7) is -1.30. The molecular weight excluding hydrogens is 531 g/mol. The fraction of sp³-hybridized carbons (Fsp3) is 0.464. The van der Waals surface area contributed by atoms with Crippen LogP contribution < -0.4 is 9.64 Å². The number of aliphatic hydroxyl groups excluding tert-OH is 1. The third-order valence-electron chi connectivity index (χ3n) is 7.94. The summed E-state index contributed by atoms with van der Waals surface area (Å²) in [5.41, 5.74) is 2.18. The molecule has 2 N–H and O–H groups in total. The lowest BCUT2D eigenvalue weighted by atomic mass is 9.85. The molecule has 0 radical (unpaired) electrons. The first kappa shape index (κ1) is 27.8. The molecular formula is C28H30F3N3O6. The smallest absolute Gasteiger partial charge is 0.414 e. The van der Waals surface area contributed by atoms with Crippen molar-refractivity contribution in [3.8, 4) is 5.75 Å². The van der Waals surface area contributed by atoms with Crippen LogP contribution in [-0.4, -0.2) is 51.6 Å². The normalized spacial score (nSPS) is 21.8. The van der Waals surface area contributed by atoms with Crippen LogP contribution in [0, 0.1) is 11.7 Å². The Labute approximate surface area is 228 Å². The molecule has 12 heteroatoms. The van der Waals surface area contributed by atoms with E-state index in [1.165, 1.54) is 12.0 Å². The van der Waals surface area contributed by atoms with Crippen LogP contribution in [0.25, 0.3) is 11.0 Å². The first-order valence-corrected chi connectivity index (χ1v) is 13.2. The fourth-order valence-electron chi connectivity index (χ4n) is 6.07. The van der Waals surface area contributed by atoms with Crippen LogP contribution in [0.1, 0.15) is 68.1 Å². The summed E-state index contributed by atoms with van der Waals surface area (Å²) in [5, 5.41) is 21.3. The summed E-state index contributed by atoms with van der Waals surface area (Å²) in [6.07, 6.45) is 0.980. The second-order valence-electron chi connectivity index (χ2n) is 10.3. The third kappa shape index (κ3) is 4.96. The van der Waals surface area contributed by atoms with Gasteiger partial charge in [-0.25, -0.2) is 14.2 Å². The quantitative estimate of drug-likeness (QED) is 0.404. The highest BCUT2D eigenvalue weighted by atomic mass is 19.3. The Balaban J connectivity index is 1.71. The SMILES string of the molecule is COC(=O)N1c2ccc3c(nc([C@H](O)c4cc(F)ccc4OC(F)F)n3[C@@H]3CCC[C@@H](C(=O)O)C3)c2CCC1C. The molecule has 4 atom stereocenters. The molecule has 1 saturated carbocycles. The number of imidazole rings is 1. The largest absolute Gasteiger partial charge is 0.481 e. The van der Waals surface area contributed by atoms with Crippen molar-refractivity contribution < 1.29 is 42.4 Å². The molecule has 1 amide bonds. The van der Waals surface area contributed by atoms with Gasteiger partial charge in [0, 0.05) is 23.2 Å². The molecule has 5 rings (SSSR count). The van der Waals surface area contributed by atoms with Gasteiger partial charge in [0.1, 0.15) is 23.5 Å². The van der Waals surface area contributed by atoms with Crippen molar-refractivity contribution in [2.45, 2.75) is 70.2 Å². The van der Waals surface area contributed by atoms with Gasteiger partial charge in [-0.15, -0.1) is 0 Å². The number of hydrogen-bond acceptors (Lipinski definition) is 6. The highest BCUT2D eigenvalue weighted by Crippen LogP contribution is 2.43. The van der Waals surface area contributed by atoms with E-state index in [9.17, 15) is 33.0 Å². The Bertz CT molecular complexity index is 1440. The van der Waals surface area contributed by atoms with Gasteiger partial charge in [-0.2, -0.15) is 8.78 Å². The van der Waals surface area contributed by atoms with Gasteiger partial charge < -0.3 is 24.3 Å². The zero-order chi connectivity index (χ0) is 28.7. The average Bonchev–Trinajstić information content (AvgIpc) is 3.33. The molecule has 3 aromatic rings. The number of hydrogen-bond donors (Lipinski definition) is 2. The Morgan fingerprint density at radius 3 is 2.62 bits per heavy atom. The fourth-order valence-corrected chi connectivity index (χ4v) is 6.07. The molecule has 1 aromatic heterocycles. The molecule has 1 aliphatic heterocycles. The number of benzene rings is 2. The number of carboxylic acids is 1. The van der Waals surface area contributed by atoms with Gasteiger partial charge in [-0.05, 0) is 69.4 Å². The topological polar surface area (TPSA) is 114 Å². The average molecular weight is 562 g/mol. The van der Waals surface area contributed by atoms with Crippen molar-refractivity contribution in [2.24, 2.45) is 5.92 Å². The van der Waals surface area contributed by atoms with Crippen molar-refractivity contribution >= 4 is 28.8 Å². The number of rotatable bonds is 6. The van der Waals surface area contributed by atoms with Gasteiger partial charge in [-0.1, -0.05) is 6.42 Å². The van der Waals surface area contributed by atoms with E-state index < -0.39 is 42.3 Å². The molecule has 0 bridgehead atoms. The molecule has 2 aliphatic rings. The Morgan fingerprint density at radius 1 is 1.15 bits per heavy atom. The Morgan fingerprint density at radius 2 is 1.93 bits per heavy atom. The molecule has 214 valence electrons. The standard InChI is InChI=1S/C28H30F3N3O6/c1-14-6-8-18-20(33(14)28(38)39-2)9-10-21-23(18)32-25(34(21)17-5-3-4-15(12-17)26(36)37)24(35)19-13-16(29)7-11-22(19)40-27(30)31/h7,9-11,13-15,17,24,27,35H,3-6,8,12H2,1-2H3,(H,36,37)/t14?,15-,17-,24-/m1/s1. The van der Waals surface area contributed by atoms with Crippen LogP contribution in [-0.2, 0) is 16.0 Å². The van der Waals surface area contributed by atoms with Crippen LogP contribution in [0.5, 0.6) is 5.75 Å². The van der Waals surface area contributed by atoms with E-state index in [-0.39, 0.29) is 29.9 Å². The number of fused-ring (bicyclic) bond motifs is 3. The second kappa shape index (κ2) is 11.0. The summed E-state index contributed by atoms with van der Waals surface area (Å²) >= 11 is 0. The number of amides is 1. The van der Waals surface area contributed by atoms with Gasteiger partial charge >= 0.3 is 18.7 Å². The highest BCUT2D eigenvalue weighted by molar-refractivity contribution is 5.95. The second-order valence-corrected chi connectivity index (χ2v) is 10.3. The molecule has 1 unspecified atom stereocenters. The van der Waals surface area contributed by atoms with Gasteiger partial charge in [0.05, 0.1) is 29.7 Å². The van der Waals surface area contributed by atoms with Crippen molar-refractivity contribution in [2.75, 3.05) is 12.0 Å². The predicted molar refractivity (Wildman–Crippen MR) is 138 cm³/mol. The summed E-state index contributed by atoms with van der Waals surface area (Å²) in [4.78, 5) is 30.8. The van der Waals surface area contributed by atoms with Crippen LogP contribution in [0.4, 0.5) is 23.7 Å². The molecule has 1 fully saturated rings. The predicted octanol–water partition coefficient (Wildman–Crippen LogP) is 5.58.